The van der Waals surface area contributed by atoms with E-state index in [0.717, 1.165) is 36.5 Å². The van der Waals surface area contributed by atoms with Crippen LogP contribution in [0, 0.1) is 12.3 Å². The van der Waals surface area contributed by atoms with E-state index in [1.165, 1.54) is 19.3 Å². The molecule has 1 aliphatic carbocycles. The van der Waals surface area contributed by atoms with Crippen LogP contribution in [-0.2, 0) is 0 Å². The number of nitrogens with two attached hydrogens (primary N) is 1. The van der Waals surface area contributed by atoms with E-state index >= 15 is 0 Å². The molecule has 0 bridgehead atoms. The van der Waals surface area contributed by atoms with Gasteiger partial charge in [-0.3, -0.25) is 0 Å². The van der Waals surface area contributed by atoms with E-state index in [4.69, 9.17) is 5.73 Å². The van der Waals surface area contributed by atoms with Crippen molar-refractivity contribution in [2.24, 2.45) is 5.41 Å². The summed E-state index contributed by atoms with van der Waals surface area (Å²) < 4.78 is 0. The van der Waals surface area contributed by atoms with Crippen molar-refractivity contribution < 1.29 is 5.11 Å². The van der Waals surface area contributed by atoms with Crippen LogP contribution in [0.25, 0.3) is 0 Å². The summed E-state index contributed by atoms with van der Waals surface area (Å²) in [6, 6.07) is 1.86. The smallest absolute Gasteiger partial charge is 0.127 e. The lowest BCUT2D eigenvalue weighted by molar-refractivity contribution is 0.0943. The van der Waals surface area contributed by atoms with Gasteiger partial charge in [-0.1, -0.05) is 19.3 Å². The molecule has 1 aliphatic rings. The van der Waals surface area contributed by atoms with E-state index in [9.17, 15) is 5.11 Å². The second kappa shape index (κ2) is 5.57. The third kappa shape index (κ3) is 2.93. The minimum Gasteiger partial charge on any atom is -0.398 e. The maximum Gasteiger partial charge on any atom is 0.127 e. The maximum atomic E-state index is 9.63. The highest BCUT2D eigenvalue weighted by Crippen LogP contribution is 2.35. The van der Waals surface area contributed by atoms with E-state index in [0.29, 0.717) is 0 Å². The van der Waals surface area contributed by atoms with Crippen molar-refractivity contribution in [3.63, 3.8) is 0 Å². The number of aliphatic hydroxyl groups excluding tert-OH is 1. The molecule has 1 aromatic heterocycles. The number of aryl methyl sites for hydroxylation is 1. The monoisotopic (exact) mass is 249 g/mol. The third-order valence-electron chi connectivity index (χ3n) is 4.04. The molecular weight excluding hydrogens is 226 g/mol. The van der Waals surface area contributed by atoms with Gasteiger partial charge in [0.15, 0.2) is 0 Å². The van der Waals surface area contributed by atoms with Crippen molar-refractivity contribution >= 4 is 11.5 Å². The molecule has 0 spiro atoms. The number of aliphatic hydroxyl groups is 1. The number of nitrogen functional groups attached to an aromatic ring is 1. The summed E-state index contributed by atoms with van der Waals surface area (Å²) in [6.45, 7) is 2.98. The first-order valence-corrected chi connectivity index (χ1v) is 6.72. The molecule has 18 heavy (non-hydrogen) atoms. The lowest BCUT2D eigenvalue weighted by Gasteiger charge is -2.35. The predicted molar refractivity (Wildman–Crippen MR) is 74.5 cm³/mol. The van der Waals surface area contributed by atoms with Crippen LogP contribution in [0.1, 0.15) is 37.7 Å². The van der Waals surface area contributed by atoms with E-state index < -0.39 is 0 Å². The van der Waals surface area contributed by atoms with Crippen molar-refractivity contribution in [1.82, 2.24) is 4.98 Å². The summed E-state index contributed by atoms with van der Waals surface area (Å²) in [7, 11) is 0. The zero-order chi connectivity index (χ0) is 13.0. The molecule has 2 rings (SSSR count). The topological polar surface area (TPSA) is 71.2 Å². The Balaban J connectivity index is 1.98. The summed E-state index contributed by atoms with van der Waals surface area (Å²) in [5, 5.41) is 13.0. The Morgan fingerprint density at radius 1 is 1.39 bits per heavy atom. The molecule has 0 aromatic carbocycles. The van der Waals surface area contributed by atoms with Crippen molar-refractivity contribution in [2.45, 2.75) is 39.0 Å². The van der Waals surface area contributed by atoms with Crippen molar-refractivity contribution in [3.05, 3.63) is 17.8 Å². The summed E-state index contributed by atoms with van der Waals surface area (Å²) in [4.78, 5) is 4.32. The molecule has 100 valence electrons. The van der Waals surface area contributed by atoms with Crippen LogP contribution < -0.4 is 11.1 Å². The summed E-state index contributed by atoms with van der Waals surface area (Å²) in [5.74, 6) is 0.802. The molecule has 0 unspecified atom stereocenters. The first-order valence-electron chi connectivity index (χ1n) is 6.72. The zero-order valence-electron chi connectivity index (χ0n) is 11.1. The molecular formula is C14H23N3O. The van der Waals surface area contributed by atoms with Gasteiger partial charge in [0.1, 0.15) is 5.82 Å². The van der Waals surface area contributed by atoms with Gasteiger partial charge in [0, 0.05) is 29.9 Å². The molecule has 0 aliphatic heterocycles. The number of nitrogens with zero attached hydrogens (tertiary/aromatic N) is 1. The molecule has 0 amide bonds. The van der Waals surface area contributed by atoms with Crippen LogP contribution in [0.2, 0.25) is 0 Å². The second-order valence-corrected chi connectivity index (χ2v) is 5.50. The van der Waals surface area contributed by atoms with Gasteiger partial charge in [-0.2, -0.15) is 0 Å². The molecule has 1 fully saturated rings. The molecule has 0 saturated heterocycles. The minimum absolute atomic E-state index is 0.0274. The Bertz CT molecular complexity index is 400. The molecule has 4 N–H and O–H groups in total. The van der Waals surface area contributed by atoms with Gasteiger partial charge in [0.2, 0.25) is 0 Å². The van der Waals surface area contributed by atoms with Crippen LogP contribution in [0.4, 0.5) is 11.5 Å². The predicted octanol–water partition coefficient (Wildman–Crippen LogP) is 2.33. The molecule has 4 heteroatoms. The van der Waals surface area contributed by atoms with Gasteiger partial charge in [0.05, 0.1) is 6.61 Å². The summed E-state index contributed by atoms with van der Waals surface area (Å²) >= 11 is 0. The molecule has 0 atom stereocenters. The zero-order valence-corrected chi connectivity index (χ0v) is 11.1. The highest BCUT2D eigenvalue weighted by molar-refractivity contribution is 5.53. The maximum absolute atomic E-state index is 9.63. The molecule has 1 heterocycles. The fourth-order valence-electron chi connectivity index (χ4n) is 2.61. The number of rotatable bonds is 4. The van der Waals surface area contributed by atoms with Crippen LogP contribution >= 0.6 is 0 Å². The molecule has 0 radical (unpaired) electrons. The number of nitrogens with one attached hydrogen (secondary N) is 1. The quantitative estimate of drug-likeness (QED) is 0.766. The number of aromatic nitrogens is 1. The van der Waals surface area contributed by atoms with Gasteiger partial charge in [-0.15, -0.1) is 0 Å². The number of hydrogen-bond acceptors (Lipinski definition) is 4. The Hall–Kier alpha value is -1.29. The van der Waals surface area contributed by atoms with Gasteiger partial charge < -0.3 is 16.2 Å². The van der Waals surface area contributed by atoms with Gasteiger partial charge in [0.25, 0.3) is 0 Å². The molecule has 4 nitrogen and oxygen atoms in total. The summed E-state index contributed by atoms with van der Waals surface area (Å²) in [5.41, 5.74) is 7.65. The SMILES string of the molecule is Cc1cnc(NCC2(CO)CCCCC2)cc1N. The Morgan fingerprint density at radius 3 is 2.72 bits per heavy atom. The van der Waals surface area contributed by atoms with Crippen LogP contribution in [0.15, 0.2) is 12.3 Å². The summed E-state index contributed by atoms with van der Waals surface area (Å²) in [6.07, 6.45) is 7.69. The van der Waals surface area contributed by atoms with E-state index in [1.54, 1.807) is 6.20 Å². The fourth-order valence-corrected chi connectivity index (χ4v) is 2.61. The lowest BCUT2D eigenvalue weighted by Crippen LogP contribution is -2.35. The van der Waals surface area contributed by atoms with Crippen molar-refractivity contribution in [2.75, 3.05) is 24.2 Å². The standard InChI is InChI=1S/C14H23N3O/c1-11-8-16-13(7-12(11)15)17-9-14(10-18)5-3-2-4-6-14/h7-8,18H,2-6,9-10H2,1H3,(H3,15,16,17). The first kappa shape index (κ1) is 13.1. The first-order chi connectivity index (χ1) is 8.65. The Morgan fingerprint density at radius 2 is 2.11 bits per heavy atom. The lowest BCUT2D eigenvalue weighted by atomic mass is 9.74. The second-order valence-electron chi connectivity index (χ2n) is 5.50. The fraction of sp³-hybridized carbons (Fsp3) is 0.643. The Kier molecular flexibility index (Phi) is 4.07. The number of anilines is 2. The third-order valence-corrected chi connectivity index (χ3v) is 4.04. The minimum atomic E-state index is 0.0274. The van der Waals surface area contributed by atoms with Gasteiger partial charge in [-0.25, -0.2) is 4.98 Å². The van der Waals surface area contributed by atoms with E-state index in [2.05, 4.69) is 10.3 Å². The van der Waals surface area contributed by atoms with E-state index in [1.807, 2.05) is 13.0 Å². The van der Waals surface area contributed by atoms with Gasteiger partial charge in [-0.05, 0) is 25.3 Å². The number of pyridine rings is 1. The molecule has 1 aromatic rings. The van der Waals surface area contributed by atoms with Crippen LogP contribution in [0.5, 0.6) is 0 Å². The van der Waals surface area contributed by atoms with Crippen LogP contribution in [-0.4, -0.2) is 23.2 Å². The van der Waals surface area contributed by atoms with E-state index in [-0.39, 0.29) is 12.0 Å². The van der Waals surface area contributed by atoms with Crippen molar-refractivity contribution in [3.8, 4) is 0 Å². The highest BCUT2D eigenvalue weighted by Gasteiger charge is 2.31. The average Bonchev–Trinajstić information content (AvgIpc) is 2.41. The van der Waals surface area contributed by atoms with Crippen molar-refractivity contribution in [1.29, 1.82) is 0 Å². The molecule has 1 saturated carbocycles. The normalized spacial score (nSPS) is 18.6. The van der Waals surface area contributed by atoms with Gasteiger partial charge >= 0.3 is 0 Å². The number of hydrogen-bond donors (Lipinski definition) is 3. The Labute approximate surface area is 109 Å². The average molecular weight is 249 g/mol. The largest absolute Gasteiger partial charge is 0.398 e. The van der Waals surface area contributed by atoms with Crippen LogP contribution in [0.3, 0.4) is 0 Å². The highest BCUT2D eigenvalue weighted by atomic mass is 16.3.